The van der Waals surface area contributed by atoms with Crippen molar-refractivity contribution >= 4 is 0 Å². The van der Waals surface area contributed by atoms with Gasteiger partial charge in [-0.3, -0.25) is 0 Å². The van der Waals surface area contributed by atoms with E-state index in [-0.39, 0.29) is 12.0 Å². The summed E-state index contributed by atoms with van der Waals surface area (Å²) in [7, 11) is 0. The first-order valence-electron chi connectivity index (χ1n) is 8.21. The fraction of sp³-hybridized carbons (Fsp3) is 0.875. The molecule has 1 saturated carbocycles. The van der Waals surface area contributed by atoms with Crippen LogP contribution >= 0.6 is 0 Å². The van der Waals surface area contributed by atoms with Crippen LogP contribution in [0.15, 0.2) is 4.52 Å². The molecule has 0 aliphatic heterocycles. The van der Waals surface area contributed by atoms with E-state index in [0.29, 0.717) is 12.0 Å². The molecule has 0 unspecified atom stereocenters. The van der Waals surface area contributed by atoms with Gasteiger partial charge in [-0.1, -0.05) is 25.9 Å². The van der Waals surface area contributed by atoms with Crippen molar-refractivity contribution in [2.45, 2.75) is 71.3 Å². The second-order valence-electron chi connectivity index (χ2n) is 6.97. The molecule has 1 aromatic heterocycles. The van der Waals surface area contributed by atoms with E-state index >= 15 is 0 Å². The summed E-state index contributed by atoms with van der Waals surface area (Å²) in [5.74, 6) is 2.07. The van der Waals surface area contributed by atoms with Crippen molar-refractivity contribution < 1.29 is 9.63 Å². The summed E-state index contributed by atoms with van der Waals surface area (Å²) in [5, 5.41) is 16.7. The molecule has 0 aromatic carbocycles. The van der Waals surface area contributed by atoms with Gasteiger partial charge in [-0.05, 0) is 37.5 Å². The SMILES string of the molecule is CCc1noc(C2CCC(NCC(C)(C)CCO)CC2)n1. The maximum Gasteiger partial charge on any atom is 0.229 e. The molecule has 1 heterocycles. The number of aliphatic hydroxyl groups is 1. The molecule has 5 nitrogen and oxygen atoms in total. The lowest BCUT2D eigenvalue weighted by molar-refractivity contribution is 0.194. The minimum absolute atomic E-state index is 0.161. The van der Waals surface area contributed by atoms with Crippen LogP contribution in [-0.2, 0) is 6.42 Å². The zero-order chi connectivity index (χ0) is 15.3. The van der Waals surface area contributed by atoms with E-state index in [2.05, 4.69) is 29.3 Å². The van der Waals surface area contributed by atoms with Gasteiger partial charge in [-0.15, -0.1) is 0 Å². The lowest BCUT2D eigenvalue weighted by Gasteiger charge is -2.31. The first-order chi connectivity index (χ1) is 10.0. The van der Waals surface area contributed by atoms with Crippen molar-refractivity contribution in [2.24, 2.45) is 5.41 Å². The van der Waals surface area contributed by atoms with Gasteiger partial charge in [0.25, 0.3) is 0 Å². The van der Waals surface area contributed by atoms with Gasteiger partial charge in [0.2, 0.25) is 5.89 Å². The lowest BCUT2D eigenvalue weighted by Crippen LogP contribution is -2.39. The van der Waals surface area contributed by atoms with Crippen LogP contribution in [0.3, 0.4) is 0 Å². The third kappa shape index (κ3) is 4.78. The molecule has 1 aliphatic carbocycles. The Morgan fingerprint density at radius 2 is 2.00 bits per heavy atom. The van der Waals surface area contributed by atoms with E-state index in [9.17, 15) is 0 Å². The van der Waals surface area contributed by atoms with Crippen molar-refractivity contribution in [3.63, 3.8) is 0 Å². The largest absolute Gasteiger partial charge is 0.396 e. The Balaban J connectivity index is 1.75. The number of rotatable bonds is 7. The van der Waals surface area contributed by atoms with Crippen molar-refractivity contribution in [1.82, 2.24) is 15.5 Å². The monoisotopic (exact) mass is 295 g/mol. The fourth-order valence-electron chi connectivity index (χ4n) is 2.93. The predicted molar refractivity (Wildman–Crippen MR) is 82.2 cm³/mol. The van der Waals surface area contributed by atoms with Gasteiger partial charge < -0.3 is 14.9 Å². The van der Waals surface area contributed by atoms with Gasteiger partial charge in [0.1, 0.15) is 0 Å². The molecule has 1 fully saturated rings. The molecule has 0 radical (unpaired) electrons. The average Bonchev–Trinajstić information content (AvgIpc) is 2.95. The molecule has 21 heavy (non-hydrogen) atoms. The molecule has 1 aliphatic rings. The number of aromatic nitrogens is 2. The van der Waals surface area contributed by atoms with Crippen LogP contribution < -0.4 is 5.32 Å². The minimum Gasteiger partial charge on any atom is -0.396 e. The first-order valence-corrected chi connectivity index (χ1v) is 8.21. The van der Waals surface area contributed by atoms with Crippen LogP contribution in [-0.4, -0.2) is 34.4 Å². The van der Waals surface area contributed by atoms with Crippen LogP contribution in [0.2, 0.25) is 0 Å². The third-order valence-electron chi connectivity index (χ3n) is 4.53. The lowest BCUT2D eigenvalue weighted by atomic mass is 9.84. The summed E-state index contributed by atoms with van der Waals surface area (Å²) in [5.41, 5.74) is 0.161. The van der Waals surface area contributed by atoms with E-state index in [0.717, 1.165) is 56.8 Å². The maximum atomic E-state index is 9.07. The van der Waals surface area contributed by atoms with Gasteiger partial charge in [0.05, 0.1) is 0 Å². The Morgan fingerprint density at radius 3 is 2.57 bits per heavy atom. The highest BCUT2D eigenvalue weighted by Crippen LogP contribution is 2.32. The zero-order valence-corrected chi connectivity index (χ0v) is 13.6. The summed E-state index contributed by atoms with van der Waals surface area (Å²) in [6, 6.07) is 0.577. The molecule has 120 valence electrons. The number of nitrogens with one attached hydrogen (secondary N) is 1. The Bertz CT molecular complexity index is 423. The summed E-state index contributed by atoms with van der Waals surface area (Å²) < 4.78 is 5.37. The number of aryl methyl sites for hydroxylation is 1. The van der Waals surface area contributed by atoms with Crippen molar-refractivity contribution in [2.75, 3.05) is 13.2 Å². The predicted octanol–water partition coefficient (Wildman–Crippen LogP) is 2.66. The van der Waals surface area contributed by atoms with E-state index in [4.69, 9.17) is 9.63 Å². The molecule has 0 atom stereocenters. The van der Waals surface area contributed by atoms with Crippen LogP contribution in [0.1, 0.15) is 70.5 Å². The molecule has 0 bridgehead atoms. The molecular formula is C16H29N3O2. The van der Waals surface area contributed by atoms with Crippen molar-refractivity contribution in [3.05, 3.63) is 11.7 Å². The molecule has 0 saturated heterocycles. The number of hydrogen-bond donors (Lipinski definition) is 2. The number of nitrogens with zero attached hydrogens (tertiary/aromatic N) is 2. The molecule has 0 amide bonds. The first kappa shape index (κ1) is 16.4. The average molecular weight is 295 g/mol. The summed E-state index contributed by atoms with van der Waals surface area (Å²) >= 11 is 0. The van der Waals surface area contributed by atoms with E-state index < -0.39 is 0 Å². The van der Waals surface area contributed by atoms with Gasteiger partial charge in [0.15, 0.2) is 5.82 Å². The van der Waals surface area contributed by atoms with Gasteiger partial charge in [0, 0.05) is 31.5 Å². The molecular weight excluding hydrogens is 266 g/mol. The van der Waals surface area contributed by atoms with Gasteiger partial charge in [-0.25, -0.2) is 0 Å². The number of hydrogen-bond acceptors (Lipinski definition) is 5. The quantitative estimate of drug-likeness (QED) is 0.809. The summed E-state index contributed by atoms with van der Waals surface area (Å²) in [6.07, 6.45) is 6.22. The van der Waals surface area contributed by atoms with E-state index in [1.165, 1.54) is 0 Å². The second-order valence-corrected chi connectivity index (χ2v) is 6.97. The van der Waals surface area contributed by atoms with Crippen molar-refractivity contribution in [1.29, 1.82) is 0 Å². The zero-order valence-electron chi connectivity index (χ0n) is 13.6. The van der Waals surface area contributed by atoms with Crippen molar-refractivity contribution in [3.8, 4) is 0 Å². The Labute approximate surface area is 127 Å². The maximum absolute atomic E-state index is 9.07. The summed E-state index contributed by atoms with van der Waals surface area (Å²) in [6.45, 7) is 7.67. The van der Waals surface area contributed by atoms with E-state index in [1.807, 2.05) is 6.92 Å². The van der Waals surface area contributed by atoms with Crippen LogP contribution in [0.5, 0.6) is 0 Å². The Kier molecular flexibility index (Phi) is 5.76. The number of aliphatic hydroxyl groups excluding tert-OH is 1. The topological polar surface area (TPSA) is 71.2 Å². The summed E-state index contributed by atoms with van der Waals surface area (Å²) in [4.78, 5) is 4.46. The smallest absolute Gasteiger partial charge is 0.229 e. The van der Waals surface area contributed by atoms with E-state index in [1.54, 1.807) is 0 Å². The molecule has 2 rings (SSSR count). The molecule has 0 spiro atoms. The fourth-order valence-corrected chi connectivity index (χ4v) is 2.93. The minimum atomic E-state index is 0.161. The molecule has 1 aromatic rings. The van der Waals surface area contributed by atoms with Crippen LogP contribution in [0.4, 0.5) is 0 Å². The van der Waals surface area contributed by atoms with Gasteiger partial charge in [-0.2, -0.15) is 4.98 Å². The second kappa shape index (κ2) is 7.36. The normalized spacial score (nSPS) is 23.4. The third-order valence-corrected chi connectivity index (χ3v) is 4.53. The standard InChI is InChI=1S/C16H29N3O2/c1-4-14-18-15(21-19-14)12-5-7-13(8-6-12)17-11-16(2,3)9-10-20/h12-13,17,20H,4-11H2,1-3H3. The Morgan fingerprint density at radius 1 is 1.29 bits per heavy atom. The highest BCUT2D eigenvalue weighted by atomic mass is 16.5. The van der Waals surface area contributed by atoms with Gasteiger partial charge >= 0.3 is 0 Å². The highest BCUT2D eigenvalue weighted by Gasteiger charge is 2.27. The molecule has 5 heteroatoms. The van der Waals surface area contributed by atoms with Crippen LogP contribution in [0, 0.1) is 5.41 Å². The van der Waals surface area contributed by atoms with Crippen LogP contribution in [0.25, 0.3) is 0 Å². The molecule has 2 N–H and O–H groups in total. The Hall–Kier alpha value is -0.940. The highest BCUT2D eigenvalue weighted by molar-refractivity contribution is 4.97.